The molecule has 0 saturated carbocycles. The Labute approximate surface area is 187 Å². The number of anilines is 1. The van der Waals surface area contributed by atoms with Crippen LogP contribution >= 0.6 is 11.6 Å². The van der Waals surface area contributed by atoms with E-state index >= 15 is 0 Å². The Hall–Kier alpha value is -2.10. The molecule has 0 radical (unpaired) electrons. The lowest BCUT2D eigenvalue weighted by Gasteiger charge is -2.45. The van der Waals surface area contributed by atoms with Crippen molar-refractivity contribution in [1.82, 2.24) is 15.8 Å². The molecule has 5 rings (SSSR count). The number of rotatable bonds is 2. The monoisotopic (exact) mass is 463 g/mol. The van der Waals surface area contributed by atoms with Crippen LogP contribution < -0.4 is 15.2 Å². The Morgan fingerprint density at radius 3 is 2.65 bits per heavy atom. The molecule has 31 heavy (non-hydrogen) atoms. The van der Waals surface area contributed by atoms with E-state index in [0.717, 1.165) is 54.0 Å². The number of nitrogens with one attached hydrogen (secondary N) is 2. The Bertz CT molecular complexity index is 1120. The van der Waals surface area contributed by atoms with Crippen molar-refractivity contribution in [2.45, 2.75) is 42.4 Å². The number of hydrogen-bond donors (Lipinski definition) is 2. The van der Waals surface area contributed by atoms with E-state index in [1.54, 1.807) is 7.05 Å². The molecule has 2 N–H and O–H groups in total. The molecule has 4 aliphatic heterocycles. The van der Waals surface area contributed by atoms with Gasteiger partial charge in [0.25, 0.3) is 0 Å². The Balaban J connectivity index is 1.51. The predicted molar refractivity (Wildman–Crippen MR) is 121 cm³/mol. The molecule has 0 bridgehead atoms. The number of carbonyl (C=O) groups is 1. The first-order chi connectivity index (χ1) is 14.6. The zero-order valence-electron chi connectivity index (χ0n) is 17.6. The molecule has 1 aromatic rings. The van der Waals surface area contributed by atoms with Crippen molar-refractivity contribution in [2.75, 3.05) is 31.0 Å². The number of fused-ring (bicyclic) bond motifs is 1. The lowest BCUT2D eigenvalue weighted by molar-refractivity contribution is -0.119. The number of allylic oxidation sites excluding steroid dienone is 1. The second-order valence-electron chi connectivity index (χ2n) is 9.11. The first kappa shape index (κ1) is 20.8. The topological polar surface area (TPSA) is 94.1 Å². The minimum atomic E-state index is -3.30. The van der Waals surface area contributed by atoms with Crippen molar-refractivity contribution >= 4 is 45.0 Å². The Morgan fingerprint density at radius 1 is 1.23 bits per heavy atom. The number of nitrogens with zero attached hydrogens (tertiary/aromatic N) is 3. The second kappa shape index (κ2) is 6.95. The summed E-state index contributed by atoms with van der Waals surface area (Å²) in [5.41, 5.74) is 10.1. The van der Waals surface area contributed by atoms with E-state index in [4.69, 9.17) is 11.6 Å². The summed E-state index contributed by atoms with van der Waals surface area (Å²) >= 11 is 6.98. The smallest absolute Gasteiger partial charge is 0.239 e. The fourth-order valence-corrected chi connectivity index (χ4v) is 6.70. The summed E-state index contributed by atoms with van der Waals surface area (Å²) in [7, 11) is -1.71. The number of benzene rings is 1. The zero-order valence-corrected chi connectivity index (χ0v) is 19.2. The number of alkyl halides is 1. The van der Waals surface area contributed by atoms with Crippen molar-refractivity contribution in [3.8, 4) is 0 Å². The van der Waals surface area contributed by atoms with E-state index in [1.165, 1.54) is 4.31 Å². The highest BCUT2D eigenvalue weighted by Gasteiger charge is 2.44. The molecule has 4 aliphatic rings. The minimum Gasteiger partial charge on any atom is -0.373 e. The normalized spacial score (nSPS) is 28.9. The van der Waals surface area contributed by atoms with E-state index in [-0.39, 0.29) is 17.2 Å². The summed E-state index contributed by atoms with van der Waals surface area (Å²) in [6.45, 7) is 4.02. The molecule has 2 saturated heterocycles. The van der Waals surface area contributed by atoms with Gasteiger partial charge in [0.05, 0.1) is 18.0 Å². The number of halogens is 1. The molecule has 166 valence electrons. The SMILES string of the molecule is CN1c2ccc(C3=C(N4CCC5(CC4)CC(=O)NN5)C(C)(Cl)CN=C3)cc2CS1(=O)=O. The van der Waals surface area contributed by atoms with Crippen LogP contribution in [0.5, 0.6) is 0 Å². The maximum absolute atomic E-state index is 12.3. The molecule has 0 aromatic heterocycles. The molecule has 1 spiro atoms. The highest BCUT2D eigenvalue weighted by Crippen LogP contribution is 2.41. The summed E-state index contributed by atoms with van der Waals surface area (Å²) < 4.78 is 25.9. The fourth-order valence-electron chi connectivity index (χ4n) is 5.11. The van der Waals surface area contributed by atoms with Crippen LogP contribution in [0.15, 0.2) is 28.9 Å². The van der Waals surface area contributed by atoms with Gasteiger partial charge >= 0.3 is 0 Å². The van der Waals surface area contributed by atoms with Gasteiger partial charge in [-0.05, 0) is 43.0 Å². The number of hydrazine groups is 1. The highest BCUT2D eigenvalue weighted by atomic mass is 35.5. The third-order valence-corrected chi connectivity index (χ3v) is 8.85. The summed E-state index contributed by atoms with van der Waals surface area (Å²) in [6, 6.07) is 5.75. The number of piperidine rings is 1. The van der Waals surface area contributed by atoms with Crippen LogP contribution in [0.2, 0.25) is 0 Å². The van der Waals surface area contributed by atoms with E-state index < -0.39 is 14.9 Å². The molecule has 1 atom stereocenters. The largest absolute Gasteiger partial charge is 0.373 e. The van der Waals surface area contributed by atoms with Crippen LogP contribution in [-0.4, -0.2) is 62.5 Å². The van der Waals surface area contributed by atoms with Crippen LogP contribution in [0, 0.1) is 0 Å². The van der Waals surface area contributed by atoms with Gasteiger partial charge in [0.2, 0.25) is 15.9 Å². The lowest BCUT2D eigenvalue weighted by Crippen LogP contribution is -2.53. The van der Waals surface area contributed by atoms with Gasteiger partial charge in [0, 0.05) is 49.6 Å². The molecular weight excluding hydrogens is 438 g/mol. The zero-order chi connectivity index (χ0) is 22.0. The van der Waals surface area contributed by atoms with Gasteiger partial charge in [-0.2, -0.15) is 0 Å². The summed E-state index contributed by atoms with van der Waals surface area (Å²) in [4.78, 5) is 17.9. The number of hydrogen-bond acceptors (Lipinski definition) is 6. The van der Waals surface area contributed by atoms with Crippen molar-refractivity contribution in [2.24, 2.45) is 4.99 Å². The van der Waals surface area contributed by atoms with E-state index in [9.17, 15) is 13.2 Å². The van der Waals surface area contributed by atoms with Crippen LogP contribution in [0.25, 0.3) is 5.57 Å². The van der Waals surface area contributed by atoms with E-state index in [1.807, 2.05) is 31.3 Å². The number of likely N-dealkylation sites (tertiary alicyclic amines) is 1. The van der Waals surface area contributed by atoms with Gasteiger partial charge in [-0.1, -0.05) is 6.07 Å². The van der Waals surface area contributed by atoms with Gasteiger partial charge in [0.15, 0.2) is 0 Å². The molecule has 0 aliphatic carbocycles. The second-order valence-corrected chi connectivity index (χ2v) is 11.9. The molecule has 10 heteroatoms. The van der Waals surface area contributed by atoms with Crippen LogP contribution in [0.3, 0.4) is 0 Å². The molecular formula is C21H26ClN5O3S. The van der Waals surface area contributed by atoms with Gasteiger partial charge in [-0.25, -0.2) is 13.8 Å². The third-order valence-electron chi connectivity index (χ3n) is 6.85. The highest BCUT2D eigenvalue weighted by molar-refractivity contribution is 7.92. The van der Waals surface area contributed by atoms with E-state index in [2.05, 4.69) is 20.7 Å². The van der Waals surface area contributed by atoms with Crippen molar-refractivity contribution in [3.63, 3.8) is 0 Å². The number of sulfonamides is 1. The standard InChI is InChI=1S/C21H26ClN5O3S/c1-20(22)13-23-11-16(14-3-4-17-15(9-14)12-31(29,30)26(17)2)19(20)27-7-5-21(6-8-27)10-18(28)24-25-21/h3-4,9,11,25H,5-8,10,12-13H2,1-2H3,(H,24,28). The Morgan fingerprint density at radius 2 is 1.97 bits per heavy atom. The number of carbonyl (C=O) groups excluding carboxylic acids is 1. The van der Waals surface area contributed by atoms with Gasteiger partial charge in [-0.3, -0.25) is 19.5 Å². The van der Waals surface area contributed by atoms with Crippen molar-refractivity contribution in [3.05, 3.63) is 35.0 Å². The number of aliphatic imine (C=N–C) groups is 1. The van der Waals surface area contributed by atoms with Gasteiger partial charge in [0.1, 0.15) is 4.87 Å². The lowest BCUT2D eigenvalue weighted by atomic mass is 9.84. The number of amides is 1. The summed E-state index contributed by atoms with van der Waals surface area (Å²) in [5.74, 6) is 0.0437. The third kappa shape index (κ3) is 3.43. The average Bonchev–Trinajstić information content (AvgIpc) is 3.18. The van der Waals surface area contributed by atoms with Gasteiger partial charge in [-0.15, -0.1) is 11.6 Å². The van der Waals surface area contributed by atoms with Gasteiger partial charge < -0.3 is 4.90 Å². The first-order valence-electron chi connectivity index (χ1n) is 10.4. The molecule has 1 unspecified atom stereocenters. The average molecular weight is 464 g/mol. The maximum Gasteiger partial charge on any atom is 0.239 e. The maximum atomic E-state index is 12.3. The molecule has 1 amide bonds. The fraction of sp³-hybridized carbons (Fsp3) is 0.524. The minimum absolute atomic E-state index is 0.00348. The van der Waals surface area contributed by atoms with Crippen molar-refractivity contribution in [1.29, 1.82) is 0 Å². The quantitative estimate of drug-likeness (QED) is 0.650. The Kier molecular flexibility index (Phi) is 4.66. The predicted octanol–water partition coefficient (Wildman–Crippen LogP) is 1.62. The summed E-state index contributed by atoms with van der Waals surface area (Å²) in [6.07, 6.45) is 4.02. The van der Waals surface area contributed by atoms with Crippen LogP contribution in [-0.2, 0) is 20.6 Å². The van der Waals surface area contributed by atoms with Crippen LogP contribution in [0.4, 0.5) is 5.69 Å². The molecule has 1 aromatic carbocycles. The summed E-state index contributed by atoms with van der Waals surface area (Å²) in [5, 5.41) is 0. The van der Waals surface area contributed by atoms with Crippen LogP contribution in [0.1, 0.15) is 37.3 Å². The first-order valence-corrected chi connectivity index (χ1v) is 12.4. The van der Waals surface area contributed by atoms with Crippen molar-refractivity contribution < 1.29 is 13.2 Å². The van der Waals surface area contributed by atoms with E-state index in [0.29, 0.717) is 13.0 Å². The molecule has 4 heterocycles. The molecule has 2 fully saturated rings. The number of dihydropyridines is 1. The molecule has 8 nitrogen and oxygen atoms in total.